The molecule has 1 saturated carbocycles. The zero-order valence-corrected chi connectivity index (χ0v) is 19.2. The highest BCUT2D eigenvalue weighted by molar-refractivity contribution is 5.94. The Balaban J connectivity index is 1.44. The maximum Gasteiger partial charge on any atom is 0.337 e. The van der Waals surface area contributed by atoms with E-state index in [0.717, 1.165) is 24.0 Å². The Bertz CT molecular complexity index is 1070. The molecule has 34 heavy (non-hydrogen) atoms. The fourth-order valence-corrected chi connectivity index (χ4v) is 4.29. The van der Waals surface area contributed by atoms with Crippen molar-refractivity contribution in [2.75, 3.05) is 12.8 Å². The highest BCUT2D eigenvalue weighted by Crippen LogP contribution is 2.38. The molecule has 1 amide bonds. The molecule has 1 heterocycles. The molecular formula is C25H31N5O4. The van der Waals surface area contributed by atoms with E-state index in [-0.39, 0.29) is 36.4 Å². The number of amidine groups is 1. The Kier molecular flexibility index (Phi) is 7.14. The number of nitrogens with two attached hydrogens (primary N) is 2. The van der Waals surface area contributed by atoms with E-state index in [1.54, 1.807) is 24.3 Å². The lowest BCUT2D eigenvalue weighted by Gasteiger charge is -2.19. The van der Waals surface area contributed by atoms with Crippen LogP contribution in [0, 0.1) is 5.41 Å². The molecule has 0 radical (unpaired) electrons. The molecule has 1 saturated heterocycles. The summed E-state index contributed by atoms with van der Waals surface area (Å²) in [5.74, 6) is -0.671. The second-order valence-corrected chi connectivity index (χ2v) is 8.92. The summed E-state index contributed by atoms with van der Waals surface area (Å²) in [6.45, 7) is 0.364. The van der Waals surface area contributed by atoms with Crippen LogP contribution in [0.3, 0.4) is 0 Å². The molecule has 0 spiro atoms. The van der Waals surface area contributed by atoms with Gasteiger partial charge >= 0.3 is 5.97 Å². The van der Waals surface area contributed by atoms with E-state index >= 15 is 0 Å². The number of rotatable bonds is 9. The summed E-state index contributed by atoms with van der Waals surface area (Å²) in [5, 5.41) is 13.9. The van der Waals surface area contributed by atoms with Crippen LogP contribution in [0.15, 0.2) is 42.5 Å². The molecule has 1 aliphatic carbocycles. The molecule has 3 atom stereocenters. The van der Waals surface area contributed by atoms with Crippen LogP contribution >= 0.6 is 0 Å². The van der Waals surface area contributed by atoms with E-state index < -0.39 is 5.97 Å². The van der Waals surface area contributed by atoms with Crippen molar-refractivity contribution >= 4 is 23.4 Å². The van der Waals surface area contributed by atoms with Gasteiger partial charge in [0, 0.05) is 29.8 Å². The summed E-state index contributed by atoms with van der Waals surface area (Å²) in [4.78, 5) is 24.9. The average Bonchev–Trinajstić information content (AvgIpc) is 3.55. The second-order valence-electron chi connectivity index (χ2n) is 8.92. The van der Waals surface area contributed by atoms with Crippen LogP contribution in [-0.2, 0) is 20.8 Å². The lowest BCUT2D eigenvalue weighted by atomic mass is 9.88. The molecule has 4 rings (SSSR count). The first-order valence-corrected chi connectivity index (χ1v) is 11.4. The number of nitrogen functional groups attached to an aromatic ring is 2. The molecule has 180 valence electrons. The summed E-state index contributed by atoms with van der Waals surface area (Å²) < 4.78 is 11.1. The number of carbonyl (C=O) groups is 2. The Morgan fingerprint density at radius 2 is 1.88 bits per heavy atom. The van der Waals surface area contributed by atoms with Gasteiger partial charge in [0.15, 0.2) is 0 Å². The lowest BCUT2D eigenvalue weighted by molar-refractivity contribution is -0.124. The molecule has 7 N–H and O–H groups in total. The van der Waals surface area contributed by atoms with Crippen LogP contribution in [0.25, 0.3) is 0 Å². The van der Waals surface area contributed by atoms with Gasteiger partial charge in [0.25, 0.3) is 0 Å². The maximum atomic E-state index is 12.8. The van der Waals surface area contributed by atoms with Gasteiger partial charge in [-0.3, -0.25) is 15.5 Å². The summed E-state index contributed by atoms with van der Waals surface area (Å²) in [5.41, 5.74) is 14.8. The van der Waals surface area contributed by atoms with Gasteiger partial charge in [-0.1, -0.05) is 24.3 Å². The quantitative estimate of drug-likeness (QED) is 0.164. The first-order valence-electron chi connectivity index (χ1n) is 11.4. The number of amides is 1. The van der Waals surface area contributed by atoms with Gasteiger partial charge in [-0.05, 0) is 48.6 Å². The lowest BCUT2D eigenvalue weighted by Crippen LogP contribution is -2.32. The third-order valence-electron chi connectivity index (χ3n) is 6.22. The molecule has 0 bridgehead atoms. The molecule has 3 unspecified atom stereocenters. The summed E-state index contributed by atoms with van der Waals surface area (Å²) in [7, 11) is 1.33. The third kappa shape index (κ3) is 5.92. The Hall–Kier alpha value is -3.43. The van der Waals surface area contributed by atoms with Gasteiger partial charge in [-0.15, -0.1) is 0 Å². The van der Waals surface area contributed by atoms with Gasteiger partial charge in [-0.2, -0.15) is 0 Å². The van der Waals surface area contributed by atoms with E-state index in [0.29, 0.717) is 35.8 Å². The molecule has 2 aliphatic rings. The first kappa shape index (κ1) is 23.7. The van der Waals surface area contributed by atoms with Crippen LogP contribution in [0.5, 0.6) is 0 Å². The van der Waals surface area contributed by atoms with Gasteiger partial charge < -0.3 is 26.3 Å². The summed E-state index contributed by atoms with van der Waals surface area (Å²) >= 11 is 0. The van der Waals surface area contributed by atoms with Crippen molar-refractivity contribution in [1.29, 1.82) is 5.41 Å². The largest absolute Gasteiger partial charge is 0.465 e. The minimum Gasteiger partial charge on any atom is -0.465 e. The minimum absolute atomic E-state index is 0.00581. The van der Waals surface area contributed by atoms with Crippen molar-refractivity contribution in [2.24, 2.45) is 5.73 Å². The van der Waals surface area contributed by atoms with Crippen molar-refractivity contribution in [3.8, 4) is 0 Å². The summed E-state index contributed by atoms with van der Waals surface area (Å²) in [6, 6.07) is 12.8. The molecule has 2 fully saturated rings. The van der Waals surface area contributed by atoms with Crippen molar-refractivity contribution < 1.29 is 19.1 Å². The van der Waals surface area contributed by atoms with Crippen molar-refractivity contribution in [3.05, 3.63) is 64.7 Å². The number of esters is 1. The van der Waals surface area contributed by atoms with E-state index in [1.165, 1.54) is 7.11 Å². The van der Waals surface area contributed by atoms with Crippen LogP contribution < -0.4 is 22.1 Å². The van der Waals surface area contributed by atoms with Crippen molar-refractivity contribution in [1.82, 2.24) is 10.6 Å². The number of methoxy groups -OCH3 is 1. The molecule has 9 nitrogen and oxygen atoms in total. The van der Waals surface area contributed by atoms with Gasteiger partial charge in [-0.25, -0.2) is 4.79 Å². The summed E-state index contributed by atoms with van der Waals surface area (Å²) in [6.07, 6.45) is 2.61. The molecule has 2 aromatic carbocycles. The standard InChI is InChI=1S/C25H31N5O4/c1-33-25(32)17-8-16(9-18(26)10-17)20-11-23(30-19-6-7-19)34-21(20)12-22(31)29-13-14-2-4-15(5-3-14)24(27)28/h2-5,8-10,19-21,23,30H,6-7,11-13,26H2,1H3,(H3,27,28)(H,29,31). The van der Waals surface area contributed by atoms with Crippen LogP contribution in [0.1, 0.15) is 58.6 Å². The van der Waals surface area contributed by atoms with Gasteiger partial charge in [0.2, 0.25) is 5.91 Å². The smallest absolute Gasteiger partial charge is 0.337 e. The third-order valence-corrected chi connectivity index (χ3v) is 6.22. The zero-order chi connectivity index (χ0) is 24.2. The fraction of sp³-hybridized carbons (Fsp3) is 0.400. The predicted molar refractivity (Wildman–Crippen MR) is 128 cm³/mol. The van der Waals surface area contributed by atoms with E-state index in [9.17, 15) is 9.59 Å². The van der Waals surface area contributed by atoms with Gasteiger partial charge in [0.05, 0.1) is 25.2 Å². The number of nitrogens with one attached hydrogen (secondary N) is 3. The zero-order valence-electron chi connectivity index (χ0n) is 19.2. The Labute approximate surface area is 198 Å². The number of anilines is 1. The second kappa shape index (κ2) is 10.2. The number of ether oxygens (including phenoxy) is 2. The van der Waals surface area contributed by atoms with Crippen molar-refractivity contribution in [3.63, 3.8) is 0 Å². The van der Waals surface area contributed by atoms with Crippen LogP contribution in [0.2, 0.25) is 0 Å². The molecule has 9 heteroatoms. The SMILES string of the molecule is COC(=O)c1cc(N)cc(C2CC(NC3CC3)OC2CC(=O)NCc2ccc(C(=N)N)cc2)c1. The van der Waals surface area contributed by atoms with Gasteiger partial charge in [0.1, 0.15) is 12.1 Å². The number of benzene rings is 2. The molecular weight excluding hydrogens is 434 g/mol. The van der Waals surface area contributed by atoms with E-state index in [1.807, 2.05) is 18.2 Å². The highest BCUT2D eigenvalue weighted by Gasteiger charge is 2.39. The van der Waals surface area contributed by atoms with Crippen LogP contribution in [0.4, 0.5) is 5.69 Å². The van der Waals surface area contributed by atoms with Crippen LogP contribution in [-0.4, -0.2) is 43.2 Å². The normalized spacial score (nSPS) is 21.7. The highest BCUT2D eigenvalue weighted by atomic mass is 16.5. The maximum absolute atomic E-state index is 12.8. The van der Waals surface area contributed by atoms with E-state index in [2.05, 4.69) is 10.6 Å². The average molecular weight is 466 g/mol. The van der Waals surface area contributed by atoms with E-state index in [4.69, 9.17) is 26.4 Å². The minimum atomic E-state index is -0.454. The Morgan fingerprint density at radius 1 is 1.15 bits per heavy atom. The first-order chi connectivity index (χ1) is 16.3. The number of hydrogen-bond acceptors (Lipinski definition) is 7. The monoisotopic (exact) mass is 465 g/mol. The van der Waals surface area contributed by atoms with Crippen molar-refractivity contribution in [2.45, 2.75) is 56.5 Å². The Morgan fingerprint density at radius 3 is 2.53 bits per heavy atom. The topological polar surface area (TPSA) is 153 Å². The number of hydrogen-bond donors (Lipinski definition) is 5. The predicted octanol–water partition coefficient (Wildman–Crippen LogP) is 2.00. The molecule has 1 aliphatic heterocycles. The molecule has 2 aromatic rings. The molecule has 0 aromatic heterocycles. The fourth-order valence-electron chi connectivity index (χ4n) is 4.29. The number of carbonyl (C=O) groups excluding carboxylic acids is 2.